The summed E-state index contributed by atoms with van der Waals surface area (Å²) in [5, 5.41) is 11.1. The Labute approximate surface area is 266 Å². The largest absolute Gasteiger partial charge is 0.469 e. The minimum Gasteiger partial charge on any atom is -0.386 e. The van der Waals surface area contributed by atoms with Gasteiger partial charge < -0.3 is 60.3 Å². The summed E-state index contributed by atoms with van der Waals surface area (Å²) < 4.78 is 53.9. The Bertz CT molecular complexity index is 2030. The zero-order chi connectivity index (χ0) is 34.5. The molecule has 8 atom stereocenters. The second kappa shape index (κ2) is 13.0. The van der Waals surface area contributed by atoms with Gasteiger partial charge >= 0.3 is 15.4 Å². The lowest BCUT2D eigenvalue weighted by Gasteiger charge is -2.23. The zero-order valence-electron chi connectivity index (χ0n) is 24.5. The summed E-state index contributed by atoms with van der Waals surface area (Å²) in [6.07, 6.45) is -5.52. The van der Waals surface area contributed by atoms with Gasteiger partial charge in [0.15, 0.2) is 28.6 Å². The molecule has 0 aliphatic carbocycles. The Morgan fingerprint density at radius 1 is 0.938 bits per heavy atom. The van der Waals surface area contributed by atoms with Crippen LogP contribution in [0.15, 0.2) is 22.2 Å². The Morgan fingerprint density at radius 2 is 1.58 bits per heavy atom. The number of anilines is 2. The number of aromatic amines is 2. The van der Waals surface area contributed by atoms with Crippen LogP contribution < -0.4 is 28.3 Å². The van der Waals surface area contributed by atoms with E-state index in [1.54, 1.807) is 4.57 Å². The lowest BCUT2D eigenvalue weighted by molar-refractivity contribution is -0.0556. The van der Waals surface area contributed by atoms with Gasteiger partial charge in [0, 0.05) is 6.04 Å². The van der Waals surface area contributed by atoms with Crippen LogP contribution in [0.5, 0.6) is 0 Å². The molecule has 5 unspecified atom stereocenters. The van der Waals surface area contributed by atoms with Gasteiger partial charge in [-0.3, -0.25) is 33.2 Å². The molecular formula is C22H31N11O13P2. The molecule has 6 rings (SSSR count). The van der Waals surface area contributed by atoms with Crippen molar-refractivity contribution in [2.75, 3.05) is 31.0 Å². The summed E-state index contributed by atoms with van der Waals surface area (Å²) in [5.74, 6) is -0.359. The number of hydrogen-bond acceptors (Lipinski definition) is 17. The third kappa shape index (κ3) is 7.19. The molecular weight excluding hydrogens is 688 g/mol. The van der Waals surface area contributed by atoms with Gasteiger partial charge in [-0.15, -0.1) is 0 Å². The highest BCUT2D eigenvalue weighted by Gasteiger charge is 2.48. The van der Waals surface area contributed by atoms with Crippen LogP contribution in [0.1, 0.15) is 12.6 Å². The molecule has 6 heterocycles. The molecule has 4 aromatic heterocycles. The van der Waals surface area contributed by atoms with Crippen molar-refractivity contribution in [2.24, 2.45) is 5.73 Å². The summed E-state index contributed by atoms with van der Waals surface area (Å²) in [6, 6.07) is -0.526. The highest BCUT2D eigenvalue weighted by Crippen LogP contribution is 2.45. The van der Waals surface area contributed by atoms with Gasteiger partial charge in [0.2, 0.25) is 11.9 Å². The SMILES string of the molecule is Nc1nc2c(ncn2CC2OC(COP(=O)(O)CO[C@@H]3C(COP(=O)(O)O)OC(n4cnc5c(=O)[nH]c(N)nc54)[C@@H]3O)C[C@H]2N)c(=O)[nH]1. The zero-order valence-corrected chi connectivity index (χ0v) is 26.3. The van der Waals surface area contributed by atoms with Crippen molar-refractivity contribution in [3.63, 3.8) is 0 Å². The number of aliphatic hydroxyl groups is 1. The molecule has 2 aliphatic heterocycles. The highest BCUT2D eigenvalue weighted by atomic mass is 31.2. The molecule has 2 saturated heterocycles. The number of H-pyrrole nitrogens is 2. The van der Waals surface area contributed by atoms with E-state index >= 15 is 0 Å². The van der Waals surface area contributed by atoms with Crippen LogP contribution in [0.2, 0.25) is 0 Å². The quantitative estimate of drug-likeness (QED) is 0.0651. The van der Waals surface area contributed by atoms with Gasteiger partial charge in [-0.05, 0) is 6.42 Å². The van der Waals surface area contributed by atoms with Gasteiger partial charge in [-0.2, -0.15) is 9.97 Å². The van der Waals surface area contributed by atoms with Gasteiger partial charge in [0.05, 0.1) is 44.6 Å². The van der Waals surface area contributed by atoms with Gasteiger partial charge in [-0.1, -0.05) is 0 Å². The number of ether oxygens (including phenoxy) is 3. The third-order valence-corrected chi connectivity index (χ3v) is 9.10. The number of nitrogens with two attached hydrogens (primary N) is 3. The molecule has 4 aromatic rings. The van der Waals surface area contributed by atoms with E-state index in [0.717, 1.165) is 10.9 Å². The van der Waals surface area contributed by atoms with E-state index in [0.29, 0.717) is 0 Å². The van der Waals surface area contributed by atoms with Crippen LogP contribution in [0, 0.1) is 0 Å². The average Bonchev–Trinajstić information content (AvgIpc) is 3.75. The molecule has 0 radical (unpaired) electrons. The Morgan fingerprint density at radius 3 is 2.27 bits per heavy atom. The van der Waals surface area contributed by atoms with Crippen LogP contribution in [-0.4, -0.2) is 115 Å². The standard InChI is InChI=1S/C22H31N11O13P2/c23-9-1-8(45-10(9)2-32-5-26-12-16(32)28-21(24)30-18(12)35)3-43-47(37,38)7-42-15-11(4-44-48(39,40)41)46-20(14(15)34)33-6-27-13-17(33)29-22(25)31-19(13)36/h5-6,8-11,14-15,20,34H,1-4,7,23H2,(H,37,38)(H2,39,40,41)(H3,24,28,30,35)(H3,25,29,31,36)/t8?,9-,10?,11?,14-,15-,20?/m1/s1. The van der Waals surface area contributed by atoms with Crippen molar-refractivity contribution in [1.29, 1.82) is 0 Å². The molecule has 48 heavy (non-hydrogen) atoms. The van der Waals surface area contributed by atoms with Crippen LogP contribution >= 0.6 is 15.4 Å². The van der Waals surface area contributed by atoms with Crippen molar-refractivity contribution in [2.45, 2.75) is 55.8 Å². The molecule has 12 N–H and O–H groups in total. The molecule has 2 aliphatic rings. The normalized spacial score (nSPS) is 27.6. The van der Waals surface area contributed by atoms with Crippen molar-refractivity contribution in [3.8, 4) is 0 Å². The summed E-state index contributed by atoms with van der Waals surface area (Å²) in [6.45, 7) is -1.04. The first-order valence-electron chi connectivity index (χ1n) is 14.0. The molecule has 0 bridgehead atoms. The number of fused-ring (bicyclic) bond motifs is 2. The topological polar surface area (TPSA) is 366 Å². The Kier molecular flexibility index (Phi) is 9.27. The molecule has 0 aromatic carbocycles. The predicted molar refractivity (Wildman–Crippen MR) is 160 cm³/mol. The molecule has 24 nitrogen and oxygen atoms in total. The van der Waals surface area contributed by atoms with E-state index in [1.807, 2.05) is 0 Å². The van der Waals surface area contributed by atoms with Crippen molar-refractivity contribution in [1.82, 2.24) is 39.0 Å². The van der Waals surface area contributed by atoms with E-state index in [2.05, 4.69) is 34.4 Å². The fraction of sp³-hybridized carbons (Fsp3) is 0.545. The first-order valence-corrected chi connectivity index (χ1v) is 17.3. The fourth-order valence-corrected chi connectivity index (χ4v) is 6.62. The van der Waals surface area contributed by atoms with Crippen molar-refractivity contribution in [3.05, 3.63) is 33.4 Å². The van der Waals surface area contributed by atoms with Gasteiger partial charge in [-0.25, -0.2) is 14.5 Å². The minimum absolute atomic E-state index is 0.0755. The third-order valence-electron chi connectivity index (χ3n) is 7.58. The predicted octanol–water partition coefficient (Wildman–Crippen LogP) is -3.19. The van der Waals surface area contributed by atoms with Crippen LogP contribution in [0.25, 0.3) is 22.3 Å². The monoisotopic (exact) mass is 719 g/mol. The molecule has 2 fully saturated rings. The average molecular weight is 720 g/mol. The summed E-state index contributed by atoms with van der Waals surface area (Å²) in [7, 11) is -9.56. The molecule has 0 spiro atoms. The van der Waals surface area contributed by atoms with Gasteiger partial charge in [0.1, 0.15) is 24.7 Å². The van der Waals surface area contributed by atoms with E-state index < -0.39 is 82.3 Å². The highest BCUT2D eigenvalue weighted by molar-refractivity contribution is 7.52. The number of nitrogens with zero attached hydrogens (tertiary/aromatic N) is 6. The number of phosphoric ester groups is 1. The van der Waals surface area contributed by atoms with E-state index in [4.69, 9.17) is 35.9 Å². The first kappa shape index (κ1) is 34.2. The second-order valence-corrected chi connectivity index (χ2v) is 14.1. The first-order chi connectivity index (χ1) is 22.6. The number of aliphatic hydroxyl groups excluding tert-OH is 1. The number of imidazole rings is 2. The summed E-state index contributed by atoms with van der Waals surface area (Å²) in [4.78, 5) is 73.9. The molecule has 262 valence electrons. The maximum Gasteiger partial charge on any atom is 0.469 e. The smallest absolute Gasteiger partial charge is 0.386 e. The lowest BCUT2D eigenvalue weighted by Crippen LogP contribution is -2.37. The Balaban J connectivity index is 1.09. The van der Waals surface area contributed by atoms with E-state index in [-0.39, 0.29) is 53.8 Å². The maximum absolute atomic E-state index is 12.9. The van der Waals surface area contributed by atoms with E-state index in [1.165, 1.54) is 6.33 Å². The molecule has 26 heteroatoms. The van der Waals surface area contributed by atoms with Gasteiger partial charge in [0.25, 0.3) is 11.1 Å². The number of nitrogens with one attached hydrogen (secondary N) is 2. The number of phosphoric acid groups is 1. The maximum atomic E-state index is 12.9. The van der Waals surface area contributed by atoms with Crippen LogP contribution in [0.3, 0.4) is 0 Å². The van der Waals surface area contributed by atoms with Crippen LogP contribution in [0.4, 0.5) is 11.9 Å². The lowest BCUT2D eigenvalue weighted by atomic mass is 10.1. The van der Waals surface area contributed by atoms with Crippen molar-refractivity contribution < 1.29 is 52.2 Å². The second-order valence-electron chi connectivity index (χ2n) is 11.0. The van der Waals surface area contributed by atoms with Crippen molar-refractivity contribution >= 4 is 49.6 Å². The molecule has 0 amide bonds. The van der Waals surface area contributed by atoms with Crippen LogP contribution in [-0.2, 0) is 38.9 Å². The number of aromatic nitrogens is 8. The fourth-order valence-electron chi connectivity index (χ4n) is 5.45. The number of rotatable bonds is 12. The minimum atomic E-state index is -5.01. The summed E-state index contributed by atoms with van der Waals surface area (Å²) in [5.41, 5.74) is 16.4. The number of nitrogen functional groups attached to an aromatic ring is 2. The number of hydrogen-bond donors (Lipinski definition) is 9. The summed E-state index contributed by atoms with van der Waals surface area (Å²) >= 11 is 0. The molecule has 0 saturated carbocycles. The Hall–Kier alpha value is -3.64. The van der Waals surface area contributed by atoms with E-state index in [9.17, 15) is 38.5 Å².